The van der Waals surface area contributed by atoms with E-state index in [1.165, 1.54) is 12.1 Å². The van der Waals surface area contributed by atoms with Gasteiger partial charge >= 0.3 is 0 Å². The van der Waals surface area contributed by atoms with Crippen LogP contribution in [-0.4, -0.2) is 36.0 Å². The van der Waals surface area contributed by atoms with Gasteiger partial charge < -0.3 is 10.2 Å². The Bertz CT molecular complexity index is 561. The van der Waals surface area contributed by atoms with Gasteiger partial charge in [-0.25, -0.2) is 4.39 Å². The first-order chi connectivity index (χ1) is 9.41. The third-order valence-corrected chi connectivity index (χ3v) is 5.46. The van der Waals surface area contributed by atoms with Crippen LogP contribution in [-0.2, 0) is 0 Å². The van der Waals surface area contributed by atoms with Crippen molar-refractivity contribution in [1.29, 1.82) is 0 Å². The summed E-state index contributed by atoms with van der Waals surface area (Å²) in [7, 11) is 0. The van der Waals surface area contributed by atoms with Crippen molar-refractivity contribution in [1.82, 2.24) is 10.2 Å². The average molecular weight is 341 g/mol. The van der Waals surface area contributed by atoms with Gasteiger partial charge in [0.05, 0.1) is 5.56 Å². The molecule has 1 N–H and O–H groups in total. The molecular weight excluding hydrogens is 323 g/mol. The second-order valence-electron chi connectivity index (χ2n) is 6.22. The minimum absolute atomic E-state index is 0.0872. The molecule has 1 amide bonds. The number of likely N-dealkylation sites (tertiary alicyclic amines) is 1. The van der Waals surface area contributed by atoms with E-state index in [1.54, 1.807) is 6.07 Å². The van der Waals surface area contributed by atoms with Crippen molar-refractivity contribution in [3.63, 3.8) is 0 Å². The molecule has 2 aliphatic heterocycles. The third kappa shape index (κ3) is 2.07. The van der Waals surface area contributed by atoms with Crippen LogP contribution >= 0.6 is 15.9 Å². The van der Waals surface area contributed by atoms with E-state index in [-0.39, 0.29) is 17.3 Å². The molecule has 2 aliphatic rings. The van der Waals surface area contributed by atoms with E-state index in [1.807, 2.05) is 4.90 Å². The summed E-state index contributed by atoms with van der Waals surface area (Å²) < 4.78 is 14.1. The zero-order valence-corrected chi connectivity index (χ0v) is 13.2. The fourth-order valence-electron chi connectivity index (χ4n) is 3.57. The largest absolute Gasteiger partial charge is 0.333 e. The predicted molar refractivity (Wildman–Crippen MR) is 79.1 cm³/mol. The Morgan fingerprint density at radius 2 is 2.20 bits per heavy atom. The van der Waals surface area contributed by atoms with E-state index in [4.69, 9.17) is 0 Å². The van der Waals surface area contributed by atoms with Crippen molar-refractivity contribution < 1.29 is 9.18 Å². The minimum atomic E-state index is -0.379. The molecule has 0 spiro atoms. The van der Waals surface area contributed by atoms with Gasteiger partial charge in [-0.1, -0.05) is 0 Å². The summed E-state index contributed by atoms with van der Waals surface area (Å²) in [6, 6.07) is 4.26. The lowest BCUT2D eigenvalue weighted by molar-refractivity contribution is 0.0602. The molecule has 0 aromatic heterocycles. The maximum absolute atomic E-state index is 13.4. The first kappa shape index (κ1) is 14.0. The smallest absolute Gasteiger partial charge is 0.255 e. The predicted octanol–water partition coefficient (Wildman–Crippen LogP) is 2.66. The van der Waals surface area contributed by atoms with E-state index < -0.39 is 0 Å². The van der Waals surface area contributed by atoms with Crippen LogP contribution in [0.1, 0.15) is 24.2 Å². The van der Waals surface area contributed by atoms with Crippen LogP contribution < -0.4 is 5.32 Å². The number of carbonyl (C=O) groups is 1. The maximum Gasteiger partial charge on any atom is 0.255 e. The number of amides is 1. The monoisotopic (exact) mass is 340 g/mol. The van der Waals surface area contributed by atoms with Gasteiger partial charge in [-0.3, -0.25) is 4.79 Å². The van der Waals surface area contributed by atoms with Crippen molar-refractivity contribution in [2.75, 3.05) is 19.6 Å². The van der Waals surface area contributed by atoms with E-state index in [0.29, 0.717) is 21.9 Å². The Labute approximate surface area is 126 Å². The van der Waals surface area contributed by atoms with E-state index in [2.05, 4.69) is 35.1 Å². The molecule has 2 fully saturated rings. The minimum Gasteiger partial charge on any atom is -0.333 e. The van der Waals surface area contributed by atoms with Gasteiger partial charge in [-0.15, -0.1) is 0 Å². The Morgan fingerprint density at radius 3 is 2.90 bits per heavy atom. The average Bonchev–Trinajstić information content (AvgIpc) is 2.94. The van der Waals surface area contributed by atoms with Crippen molar-refractivity contribution >= 4 is 21.8 Å². The molecule has 2 unspecified atom stereocenters. The topological polar surface area (TPSA) is 32.3 Å². The number of fused-ring (bicyclic) bond motifs is 1. The molecule has 2 saturated heterocycles. The second kappa shape index (κ2) is 4.81. The highest BCUT2D eigenvalue weighted by molar-refractivity contribution is 9.10. The van der Waals surface area contributed by atoms with Gasteiger partial charge in [0.25, 0.3) is 5.91 Å². The molecule has 0 radical (unpaired) electrons. The molecule has 0 bridgehead atoms. The Hall–Kier alpha value is -0.940. The summed E-state index contributed by atoms with van der Waals surface area (Å²) in [6.07, 6.45) is 0. The Kier molecular flexibility index (Phi) is 3.37. The molecule has 3 rings (SSSR count). The van der Waals surface area contributed by atoms with Crippen LogP contribution in [0.15, 0.2) is 22.7 Å². The summed E-state index contributed by atoms with van der Waals surface area (Å²) in [4.78, 5) is 14.7. The van der Waals surface area contributed by atoms with Crippen molar-refractivity contribution in [2.24, 2.45) is 11.8 Å². The highest BCUT2D eigenvalue weighted by Crippen LogP contribution is 2.41. The molecule has 108 valence electrons. The maximum atomic E-state index is 13.4. The summed E-state index contributed by atoms with van der Waals surface area (Å²) in [6.45, 7) is 6.87. The Balaban J connectivity index is 1.93. The number of rotatable bonds is 1. The highest BCUT2D eigenvalue weighted by Gasteiger charge is 2.51. The third-order valence-electron chi connectivity index (χ3n) is 4.76. The van der Waals surface area contributed by atoms with Crippen LogP contribution in [0.5, 0.6) is 0 Å². The molecule has 1 aromatic carbocycles. The summed E-state index contributed by atoms with van der Waals surface area (Å²) in [5.41, 5.74) is 0.211. The van der Waals surface area contributed by atoms with E-state index in [9.17, 15) is 9.18 Å². The van der Waals surface area contributed by atoms with Gasteiger partial charge in [0.15, 0.2) is 0 Å². The molecule has 1 aromatic rings. The van der Waals surface area contributed by atoms with Crippen LogP contribution in [0.4, 0.5) is 4.39 Å². The van der Waals surface area contributed by atoms with Gasteiger partial charge in [0.1, 0.15) is 5.82 Å². The number of halogens is 2. The van der Waals surface area contributed by atoms with Gasteiger partial charge in [-0.05, 0) is 59.8 Å². The van der Waals surface area contributed by atoms with Gasteiger partial charge in [0, 0.05) is 29.6 Å². The zero-order valence-electron chi connectivity index (χ0n) is 11.6. The molecule has 20 heavy (non-hydrogen) atoms. The number of benzene rings is 1. The molecular formula is C15H18BrFN2O. The highest BCUT2D eigenvalue weighted by atomic mass is 79.9. The molecule has 0 saturated carbocycles. The number of nitrogens with zero attached hydrogens (tertiary/aromatic N) is 1. The van der Waals surface area contributed by atoms with E-state index in [0.717, 1.165) is 19.6 Å². The SMILES string of the molecule is CC1(C)C2CNCC2CN1C(=O)c1cc(F)ccc1Br. The van der Waals surface area contributed by atoms with Crippen LogP contribution in [0.25, 0.3) is 0 Å². The lowest BCUT2D eigenvalue weighted by Gasteiger charge is -2.35. The van der Waals surface area contributed by atoms with Crippen LogP contribution in [0.2, 0.25) is 0 Å². The van der Waals surface area contributed by atoms with Crippen LogP contribution in [0, 0.1) is 17.7 Å². The summed E-state index contributed by atoms with van der Waals surface area (Å²) in [5.74, 6) is 0.506. The standard InChI is InChI=1S/C15H18BrFN2O/c1-15(2)12-7-18-6-9(12)8-19(15)14(20)11-5-10(17)3-4-13(11)16/h3-5,9,12,18H,6-8H2,1-2H3. The van der Waals surface area contributed by atoms with Gasteiger partial charge in [0.2, 0.25) is 0 Å². The molecule has 2 atom stereocenters. The summed E-state index contributed by atoms with van der Waals surface area (Å²) >= 11 is 3.35. The van der Waals surface area contributed by atoms with Crippen molar-refractivity contribution in [3.8, 4) is 0 Å². The number of nitrogens with one attached hydrogen (secondary N) is 1. The fourth-order valence-corrected chi connectivity index (χ4v) is 3.99. The molecule has 5 heteroatoms. The summed E-state index contributed by atoms with van der Waals surface area (Å²) in [5, 5.41) is 3.39. The lowest BCUT2D eigenvalue weighted by Crippen LogP contribution is -2.47. The quantitative estimate of drug-likeness (QED) is 0.852. The van der Waals surface area contributed by atoms with E-state index >= 15 is 0 Å². The number of carbonyl (C=O) groups excluding carboxylic acids is 1. The normalized spacial score (nSPS) is 27.7. The van der Waals surface area contributed by atoms with Crippen molar-refractivity contribution in [2.45, 2.75) is 19.4 Å². The van der Waals surface area contributed by atoms with Gasteiger partial charge in [-0.2, -0.15) is 0 Å². The first-order valence-corrected chi connectivity index (χ1v) is 7.68. The number of hydrogen-bond acceptors (Lipinski definition) is 2. The Morgan fingerprint density at radius 1 is 1.45 bits per heavy atom. The van der Waals surface area contributed by atoms with Crippen molar-refractivity contribution in [3.05, 3.63) is 34.1 Å². The lowest BCUT2D eigenvalue weighted by atomic mass is 9.84. The van der Waals surface area contributed by atoms with Crippen LogP contribution in [0.3, 0.4) is 0 Å². The first-order valence-electron chi connectivity index (χ1n) is 6.89. The molecule has 0 aliphatic carbocycles. The second-order valence-corrected chi connectivity index (χ2v) is 7.07. The zero-order chi connectivity index (χ0) is 14.5. The number of hydrogen-bond donors (Lipinski definition) is 1. The molecule has 2 heterocycles. The molecule has 3 nitrogen and oxygen atoms in total. The fraction of sp³-hybridized carbons (Fsp3) is 0.533.